The zero-order valence-corrected chi connectivity index (χ0v) is 11.7. The van der Waals surface area contributed by atoms with Crippen LogP contribution >= 0.6 is 12.2 Å². The Balaban J connectivity index is 2.45. The maximum absolute atomic E-state index is 5.48. The quantitative estimate of drug-likeness (QED) is 0.756. The Kier molecular flexibility index (Phi) is 5.58. The van der Waals surface area contributed by atoms with Gasteiger partial charge in [-0.3, -0.25) is 4.68 Å². The van der Waals surface area contributed by atoms with Gasteiger partial charge in [0.15, 0.2) is 0 Å². The van der Waals surface area contributed by atoms with Crippen molar-refractivity contribution in [3.05, 3.63) is 18.0 Å². The molecule has 0 fully saturated rings. The fourth-order valence-electron chi connectivity index (χ4n) is 1.55. The zero-order chi connectivity index (χ0) is 12.8. The van der Waals surface area contributed by atoms with Gasteiger partial charge < -0.3 is 10.6 Å². The summed E-state index contributed by atoms with van der Waals surface area (Å²) in [6.07, 6.45) is 3.90. The lowest BCUT2D eigenvalue weighted by molar-refractivity contribution is 0.329. The number of nitrogens with zero attached hydrogens (tertiary/aromatic N) is 3. The Morgan fingerprint density at radius 3 is 2.94 bits per heavy atom. The van der Waals surface area contributed by atoms with E-state index in [-0.39, 0.29) is 0 Å². The second kappa shape index (κ2) is 6.71. The van der Waals surface area contributed by atoms with Gasteiger partial charge in [-0.05, 0) is 26.5 Å². The summed E-state index contributed by atoms with van der Waals surface area (Å²) in [5, 5.41) is 4.56. The molecule has 5 heteroatoms. The van der Waals surface area contributed by atoms with Crippen LogP contribution in [0, 0.1) is 0 Å². The molecule has 0 aliphatic carbocycles. The maximum atomic E-state index is 5.48. The second-order valence-corrected chi connectivity index (χ2v) is 5.02. The Bertz CT molecular complexity index is 361. The van der Waals surface area contributed by atoms with Crippen LogP contribution in [0.5, 0.6) is 0 Å². The first kappa shape index (κ1) is 14.1. The number of hydrogen-bond donors (Lipinski definition) is 1. The molecule has 1 rings (SSSR count). The first-order chi connectivity index (χ1) is 8.02. The molecule has 0 saturated carbocycles. The van der Waals surface area contributed by atoms with Gasteiger partial charge in [-0.15, -0.1) is 0 Å². The van der Waals surface area contributed by atoms with Crippen LogP contribution in [0.2, 0.25) is 0 Å². The Labute approximate surface area is 109 Å². The van der Waals surface area contributed by atoms with Crippen molar-refractivity contribution in [2.24, 2.45) is 5.73 Å². The minimum atomic E-state index is 0.464. The Morgan fingerprint density at radius 2 is 2.35 bits per heavy atom. The van der Waals surface area contributed by atoms with Crippen molar-refractivity contribution < 1.29 is 0 Å². The van der Waals surface area contributed by atoms with Crippen LogP contribution in [0.15, 0.2) is 12.3 Å². The third kappa shape index (κ3) is 4.83. The van der Waals surface area contributed by atoms with E-state index < -0.39 is 0 Å². The third-order valence-electron chi connectivity index (χ3n) is 2.88. The van der Waals surface area contributed by atoms with Gasteiger partial charge in [0.2, 0.25) is 0 Å². The summed E-state index contributed by atoms with van der Waals surface area (Å²) in [4.78, 5) is 2.75. The number of rotatable bonds is 7. The monoisotopic (exact) mass is 254 g/mol. The summed E-state index contributed by atoms with van der Waals surface area (Å²) < 4.78 is 2.02. The highest BCUT2D eigenvalue weighted by Gasteiger charge is 2.07. The van der Waals surface area contributed by atoms with Crippen LogP contribution in [-0.4, -0.2) is 33.3 Å². The molecular formula is C12H22N4S. The third-order valence-corrected chi connectivity index (χ3v) is 3.08. The molecule has 96 valence electrons. The highest BCUT2D eigenvalue weighted by atomic mass is 32.1. The molecule has 2 N–H and O–H groups in total. The first-order valence-corrected chi connectivity index (χ1v) is 6.44. The topological polar surface area (TPSA) is 47.1 Å². The number of hydrogen-bond acceptors (Lipinski definition) is 3. The predicted molar refractivity (Wildman–Crippen MR) is 75.0 cm³/mol. The van der Waals surface area contributed by atoms with Gasteiger partial charge in [0, 0.05) is 31.7 Å². The smallest absolute Gasteiger partial charge is 0.0764 e. The van der Waals surface area contributed by atoms with Gasteiger partial charge in [0.1, 0.15) is 0 Å². The molecule has 0 bridgehead atoms. The molecule has 1 atom stereocenters. The molecule has 0 aromatic carbocycles. The average Bonchev–Trinajstić information content (AvgIpc) is 2.73. The van der Waals surface area contributed by atoms with Gasteiger partial charge >= 0.3 is 0 Å². The molecule has 0 radical (unpaired) electrons. The highest BCUT2D eigenvalue weighted by molar-refractivity contribution is 7.80. The predicted octanol–water partition coefficient (Wildman–Crippen LogP) is 1.96. The van der Waals surface area contributed by atoms with Crippen molar-refractivity contribution in [3.8, 4) is 0 Å². The molecule has 0 saturated heterocycles. The van der Waals surface area contributed by atoms with Gasteiger partial charge in [0.25, 0.3) is 0 Å². The number of thiocarbonyl (C=S) groups is 1. The van der Waals surface area contributed by atoms with E-state index in [0.29, 0.717) is 11.0 Å². The van der Waals surface area contributed by atoms with Crippen LogP contribution < -0.4 is 5.73 Å². The molecule has 4 nitrogen and oxygen atoms in total. The average molecular weight is 254 g/mol. The fraction of sp³-hybridized carbons (Fsp3) is 0.667. The molecule has 1 unspecified atom stereocenters. The van der Waals surface area contributed by atoms with Crippen LogP contribution in [0.3, 0.4) is 0 Å². The van der Waals surface area contributed by atoms with E-state index in [9.17, 15) is 0 Å². The van der Waals surface area contributed by atoms with E-state index in [4.69, 9.17) is 18.0 Å². The van der Waals surface area contributed by atoms with E-state index in [1.54, 1.807) is 0 Å². The van der Waals surface area contributed by atoms with Crippen molar-refractivity contribution in [1.82, 2.24) is 14.7 Å². The SMILES string of the molecule is CCC(C)n1ccc(CN(C)CCC(N)=S)n1. The maximum Gasteiger partial charge on any atom is 0.0764 e. The Hall–Kier alpha value is -0.940. The summed E-state index contributed by atoms with van der Waals surface area (Å²) in [7, 11) is 2.06. The summed E-state index contributed by atoms with van der Waals surface area (Å²) >= 11 is 4.86. The molecule has 0 spiro atoms. The van der Waals surface area contributed by atoms with E-state index in [1.807, 2.05) is 10.9 Å². The fourth-order valence-corrected chi connectivity index (χ4v) is 1.64. The van der Waals surface area contributed by atoms with E-state index >= 15 is 0 Å². The summed E-state index contributed by atoms with van der Waals surface area (Å²) in [6.45, 7) is 6.06. The summed E-state index contributed by atoms with van der Waals surface area (Å²) in [6, 6.07) is 2.54. The van der Waals surface area contributed by atoms with Crippen LogP contribution in [0.4, 0.5) is 0 Å². The number of nitrogens with two attached hydrogens (primary N) is 1. The normalized spacial score (nSPS) is 12.9. The molecule has 1 aromatic heterocycles. The molecule has 1 aromatic rings. The lowest BCUT2D eigenvalue weighted by atomic mass is 10.3. The largest absolute Gasteiger partial charge is 0.393 e. The van der Waals surface area contributed by atoms with Gasteiger partial charge in [-0.2, -0.15) is 5.10 Å². The standard InChI is InChI=1S/C12H22N4S/c1-4-10(2)16-8-5-11(14-16)9-15(3)7-6-12(13)17/h5,8,10H,4,6-7,9H2,1-3H3,(H2,13,17). The summed E-state index contributed by atoms with van der Waals surface area (Å²) in [5.74, 6) is 0. The minimum absolute atomic E-state index is 0.464. The van der Waals surface area contributed by atoms with Gasteiger partial charge in [-0.25, -0.2) is 0 Å². The molecule has 0 aliphatic heterocycles. The number of aromatic nitrogens is 2. The Morgan fingerprint density at radius 1 is 1.65 bits per heavy atom. The zero-order valence-electron chi connectivity index (χ0n) is 10.9. The van der Waals surface area contributed by atoms with Crippen molar-refractivity contribution >= 4 is 17.2 Å². The highest BCUT2D eigenvalue weighted by Crippen LogP contribution is 2.10. The van der Waals surface area contributed by atoms with Crippen molar-refractivity contribution in [2.45, 2.75) is 39.3 Å². The molecular weight excluding hydrogens is 232 g/mol. The summed E-state index contributed by atoms with van der Waals surface area (Å²) in [5.41, 5.74) is 6.57. The van der Waals surface area contributed by atoms with E-state index in [0.717, 1.165) is 31.6 Å². The van der Waals surface area contributed by atoms with E-state index in [1.165, 1.54) is 0 Å². The van der Waals surface area contributed by atoms with Crippen molar-refractivity contribution in [3.63, 3.8) is 0 Å². The first-order valence-electron chi connectivity index (χ1n) is 6.03. The van der Waals surface area contributed by atoms with E-state index in [2.05, 4.69) is 37.0 Å². The molecule has 17 heavy (non-hydrogen) atoms. The van der Waals surface area contributed by atoms with Gasteiger partial charge in [0.05, 0.1) is 10.7 Å². The van der Waals surface area contributed by atoms with Crippen molar-refractivity contribution in [2.75, 3.05) is 13.6 Å². The molecule has 0 amide bonds. The second-order valence-electron chi connectivity index (χ2n) is 4.50. The van der Waals surface area contributed by atoms with Crippen LogP contribution in [0.25, 0.3) is 0 Å². The van der Waals surface area contributed by atoms with Crippen LogP contribution in [0.1, 0.15) is 38.4 Å². The van der Waals surface area contributed by atoms with Gasteiger partial charge in [-0.1, -0.05) is 19.1 Å². The minimum Gasteiger partial charge on any atom is -0.393 e. The molecule has 1 heterocycles. The lowest BCUT2D eigenvalue weighted by Crippen LogP contribution is -2.23. The van der Waals surface area contributed by atoms with Crippen molar-refractivity contribution in [1.29, 1.82) is 0 Å². The van der Waals surface area contributed by atoms with Crippen LogP contribution in [-0.2, 0) is 6.54 Å². The molecule has 0 aliphatic rings. The lowest BCUT2D eigenvalue weighted by Gasteiger charge is -2.14.